The molecule has 0 unspecified atom stereocenters. The van der Waals surface area contributed by atoms with E-state index in [1.807, 2.05) is 4.90 Å². The highest BCUT2D eigenvalue weighted by atomic mass is 16.6. The molecule has 3 aliphatic rings. The third kappa shape index (κ3) is 3.20. The molecule has 1 aromatic rings. The molecule has 4 nitrogen and oxygen atoms in total. The first-order valence-electron chi connectivity index (χ1n) is 9.66. The van der Waals surface area contributed by atoms with Crippen molar-refractivity contribution in [1.29, 1.82) is 0 Å². The van der Waals surface area contributed by atoms with Crippen molar-refractivity contribution < 1.29 is 9.53 Å². The summed E-state index contributed by atoms with van der Waals surface area (Å²) in [5, 5.41) is 0. The number of likely N-dealkylation sites (tertiary alicyclic amines) is 1. The summed E-state index contributed by atoms with van der Waals surface area (Å²) in [5.41, 5.74) is 1.80. The molecule has 0 N–H and O–H groups in total. The van der Waals surface area contributed by atoms with E-state index in [2.05, 4.69) is 41.8 Å². The van der Waals surface area contributed by atoms with Crippen LogP contribution in [0.1, 0.15) is 50.5 Å². The quantitative estimate of drug-likeness (QED) is 0.821. The van der Waals surface area contributed by atoms with E-state index < -0.39 is 5.60 Å². The Morgan fingerprint density at radius 2 is 1.76 bits per heavy atom. The fourth-order valence-electron chi connectivity index (χ4n) is 4.62. The van der Waals surface area contributed by atoms with Gasteiger partial charge in [-0.2, -0.15) is 0 Å². The lowest BCUT2D eigenvalue weighted by Crippen LogP contribution is -2.46. The molecule has 0 radical (unpaired) electrons. The highest BCUT2D eigenvalue weighted by molar-refractivity contribution is 5.75. The summed E-state index contributed by atoms with van der Waals surface area (Å²) in [6.07, 6.45) is 7.42. The van der Waals surface area contributed by atoms with Crippen LogP contribution in [0.2, 0.25) is 0 Å². The summed E-state index contributed by atoms with van der Waals surface area (Å²) in [5.74, 6) is 0. The highest BCUT2D eigenvalue weighted by Crippen LogP contribution is 2.43. The topological polar surface area (TPSA) is 32.8 Å². The molecule has 4 heteroatoms. The van der Waals surface area contributed by atoms with Gasteiger partial charge in [-0.3, -0.25) is 9.80 Å². The molecule has 1 saturated carbocycles. The second-order valence-electron chi connectivity index (χ2n) is 7.73. The Balaban J connectivity index is 1.40. The van der Waals surface area contributed by atoms with E-state index in [1.165, 1.54) is 24.8 Å². The van der Waals surface area contributed by atoms with Gasteiger partial charge in [0.25, 0.3) is 0 Å². The molecule has 2 heterocycles. The Bertz CT molecular complexity index is 629. The highest BCUT2D eigenvalue weighted by Gasteiger charge is 2.52. The first-order valence-corrected chi connectivity index (χ1v) is 9.66. The molecule has 1 spiro atoms. The van der Waals surface area contributed by atoms with Crippen molar-refractivity contribution in [3.63, 3.8) is 0 Å². The maximum atomic E-state index is 12.6. The summed E-state index contributed by atoms with van der Waals surface area (Å²) in [4.78, 5) is 16.9. The van der Waals surface area contributed by atoms with Crippen molar-refractivity contribution in [2.24, 2.45) is 0 Å². The standard InChI is InChI=1S/C21H28N2O2/c1-17-21(25-20(24)23(17)19-10-6-3-7-11-19)12-14-22(15-13-21)16-18-8-4-2-5-9-18/h2,4-5,8-9,19H,1,3,6-7,10-16H2. The smallest absolute Gasteiger partial charge is 0.415 e. The molecule has 1 amide bonds. The second-order valence-corrected chi connectivity index (χ2v) is 7.73. The van der Waals surface area contributed by atoms with Gasteiger partial charge in [0.05, 0.1) is 5.70 Å². The number of hydrogen-bond donors (Lipinski definition) is 0. The van der Waals surface area contributed by atoms with E-state index in [0.717, 1.165) is 51.0 Å². The van der Waals surface area contributed by atoms with Gasteiger partial charge in [-0.1, -0.05) is 56.2 Å². The van der Waals surface area contributed by atoms with Crippen molar-refractivity contribution in [2.75, 3.05) is 13.1 Å². The van der Waals surface area contributed by atoms with Gasteiger partial charge in [-0.05, 0) is 18.4 Å². The number of amides is 1. The zero-order chi connectivity index (χ0) is 17.3. The van der Waals surface area contributed by atoms with Gasteiger partial charge >= 0.3 is 6.09 Å². The number of piperidine rings is 1. The molecule has 1 aliphatic carbocycles. The summed E-state index contributed by atoms with van der Waals surface area (Å²) in [7, 11) is 0. The van der Waals surface area contributed by atoms with Crippen LogP contribution in [0, 0.1) is 0 Å². The van der Waals surface area contributed by atoms with Crippen molar-refractivity contribution in [3.05, 3.63) is 48.2 Å². The number of hydrogen-bond acceptors (Lipinski definition) is 3. The van der Waals surface area contributed by atoms with Crippen molar-refractivity contribution >= 4 is 6.09 Å². The normalized spacial score (nSPS) is 24.7. The summed E-state index contributed by atoms with van der Waals surface area (Å²) in [6, 6.07) is 10.9. The minimum Gasteiger partial charge on any atom is -0.436 e. The SMILES string of the molecule is C=C1N(C2CCCCC2)C(=O)OC12CCN(Cc1ccccc1)CC2. The van der Waals surface area contributed by atoms with Crippen molar-refractivity contribution in [1.82, 2.24) is 9.80 Å². The molecule has 0 atom stereocenters. The average Bonchev–Trinajstić information content (AvgIpc) is 2.89. The number of carbonyl (C=O) groups is 1. The molecule has 2 saturated heterocycles. The van der Waals surface area contributed by atoms with E-state index in [9.17, 15) is 4.79 Å². The van der Waals surface area contributed by atoms with Gasteiger partial charge in [0, 0.05) is 38.5 Å². The zero-order valence-corrected chi connectivity index (χ0v) is 15.0. The predicted octanol–water partition coefficient (Wildman–Crippen LogP) is 4.32. The van der Waals surface area contributed by atoms with Crippen LogP contribution < -0.4 is 0 Å². The van der Waals surface area contributed by atoms with Gasteiger partial charge in [0.2, 0.25) is 0 Å². The Kier molecular flexibility index (Phi) is 4.55. The average molecular weight is 340 g/mol. The van der Waals surface area contributed by atoms with Gasteiger partial charge in [0.1, 0.15) is 0 Å². The second kappa shape index (κ2) is 6.83. The maximum absolute atomic E-state index is 12.6. The molecule has 3 fully saturated rings. The number of nitrogens with zero attached hydrogens (tertiary/aromatic N) is 2. The summed E-state index contributed by atoms with van der Waals surface area (Å²) in [6.45, 7) is 7.16. The van der Waals surface area contributed by atoms with Gasteiger partial charge in [-0.15, -0.1) is 0 Å². The van der Waals surface area contributed by atoms with Crippen LogP contribution in [-0.4, -0.2) is 40.6 Å². The fraction of sp³-hybridized carbons (Fsp3) is 0.571. The van der Waals surface area contributed by atoms with E-state index >= 15 is 0 Å². The number of benzene rings is 1. The van der Waals surface area contributed by atoms with Crippen LogP contribution in [0.4, 0.5) is 4.79 Å². The molecule has 0 bridgehead atoms. The first-order chi connectivity index (χ1) is 12.2. The maximum Gasteiger partial charge on any atom is 0.415 e. The lowest BCUT2D eigenvalue weighted by atomic mass is 9.86. The van der Waals surface area contributed by atoms with Gasteiger partial charge < -0.3 is 4.74 Å². The number of carbonyl (C=O) groups excluding carboxylic acids is 1. The lowest BCUT2D eigenvalue weighted by molar-refractivity contribution is 0.0126. The van der Waals surface area contributed by atoms with E-state index in [4.69, 9.17) is 4.74 Å². The molecule has 2 aliphatic heterocycles. The third-order valence-corrected chi connectivity index (χ3v) is 6.15. The largest absolute Gasteiger partial charge is 0.436 e. The summed E-state index contributed by atoms with van der Waals surface area (Å²) >= 11 is 0. The molecular formula is C21H28N2O2. The Hall–Kier alpha value is -1.81. The minimum atomic E-state index is -0.457. The van der Waals surface area contributed by atoms with Crippen molar-refractivity contribution in [2.45, 2.75) is 63.1 Å². The lowest BCUT2D eigenvalue weighted by Gasteiger charge is -2.39. The van der Waals surface area contributed by atoms with E-state index in [0.29, 0.717) is 6.04 Å². The van der Waals surface area contributed by atoms with Gasteiger partial charge in [0.15, 0.2) is 5.60 Å². The van der Waals surface area contributed by atoms with Crippen LogP contribution in [0.3, 0.4) is 0 Å². The van der Waals surface area contributed by atoms with Crippen molar-refractivity contribution in [3.8, 4) is 0 Å². The monoisotopic (exact) mass is 340 g/mol. The van der Waals surface area contributed by atoms with E-state index in [1.54, 1.807) is 0 Å². The minimum absolute atomic E-state index is 0.159. The molecule has 1 aromatic carbocycles. The number of rotatable bonds is 3. The Morgan fingerprint density at radius 3 is 2.44 bits per heavy atom. The van der Waals surface area contributed by atoms with Crippen LogP contribution in [-0.2, 0) is 11.3 Å². The van der Waals surface area contributed by atoms with Crippen LogP contribution >= 0.6 is 0 Å². The van der Waals surface area contributed by atoms with Crippen LogP contribution in [0.25, 0.3) is 0 Å². The molecular weight excluding hydrogens is 312 g/mol. The molecule has 25 heavy (non-hydrogen) atoms. The first kappa shape index (κ1) is 16.6. The van der Waals surface area contributed by atoms with E-state index in [-0.39, 0.29) is 6.09 Å². The summed E-state index contributed by atoms with van der Waals surface area (Å²) < 4.78 is 5.93. The van der Waals surface area contributed by atoms with Crippen LogP contribution in [0.5, 0.6) is 0 Å². The van der Waals surface area contributed by atoms with Gasteiger partial charge in [-0.25, -0.2) is 4.79 Å². The third-order valence-electron chi connectivity index (χ3n) is 6.15. The predicted molar refractivity (Wildman–Crippen MR) is 98.0 cm³/mol. The Morgan fingerprint density at radius 1 is 1.08 bits per heavy atom. The molecule has 134 valence electrons. The number of ether oxygens (including phenoxy) is 1. The Labute approximate surface area is 150 Å². The zero-order valence-electron chi connectivity index (χ0n) is 15.0. The molecule has 4 rings (SSSR count). The van der Waals surface area contributed by atoms with Crippen LogP contribution in [0.15, 0.2) is 42.6 Å². The molecule has 0 aromatic heterocycles. The fourth-order valence-corrected chi connectivity index (χ4v) is 4.62.